The van der Waals surface area contributed by atoms with Crippen LogP contribution in [0.1, 0.15) is 37.2 Å². The lowest BCUT2D eigenvalue weighted by atomic mass is 10.1. The number of benzene rings is 2. The predicted octanol–water partition coefficient (Wildman–Crippen LogP) is 5.07. The minimum atomic E-state index is -0.402. The number of nitriles is 1. The van der Waals surface area contributed by atoms with Crippen LogP contribution >= 0.6 is 0 Å². The van der Waals surface area contributed by atoms with Gasteiger partial charge in [-0.05, 0) is 67.8 Å². The highest BCUT2D eigenvalue weighted by molar-refractivity contribution is 5.92. The third kappa shape index (κ3) is 7.53. The molecule has 1 aromatic heterocycles. The fraction of sp³-hybridized carbons (Fsp3) is 0.345. The van der Waals surface area contributed by atoms with E-state index < -0.39 is 6.03 Å². The van der Waals surface area contributed by atoms with E-state index in [0.717, 1.165) is 5.56 Å². The largest absolute Gasteiger partial charge is 0.493 e. The second kappa shape index (κ2) is 13.7. The number of amides is 3. The van der Waals surface area contributed by atoms with Gasteiger partial charge in [-0.2, -0.15) is 5.26 Å². The van der Waals surface area contributed by atoms with Crippen LogP contribution in [0.15, 0.2) is 65.3 Å². The van der Waals surface area contributed by atoms with Crippen LogP contribution in [0.5, 0.6) is 11.5 Å². The number of hydrogen-bond acceptors (Lipinski definition) is 6. The van der Waals surface area contributed by atoms with Gasteiger partial charge in [0.25, 0.3) is 0 Å². The average Bonchev–Trinajstić information content (AvgIpc) is 3.46. The Morgan fingerprint density at radius 3 is 2.53 bits per heavy atom. The van der Waals surface area contributed by atoms with E-state index in [4.69, 9.17) is 19.2 Å². The van der Waals surface area contributed by atoms with Gasteiger partial charge in [-0.25, -0.2) is 4.79 Å². The van der Waals surface area contributed by atoms with E-state index in [9.17, 15) is 9.59 Å². The van der Waals surface area contributed by atoms with Crippen molar-refractivity contribution in [3.8, 4) is 17.6 Å². The molecule has 0 radical (unpaired) electrons. The molecule has 9 nitrogen and oxygen atoms in total. The molecule has 3 aromatic rings. The number of carbonyl (C=O) groups excluding carboxylic acids is 2. The smallest absolute Gasteiger partial charge is 0.322 e. The minimum Gasteiger partial charge on any atom is -0.493 e. The maximum Gasteiger partial charge on any atom is 0.322 e. The zero-order valence-electron chi connectivity index (χ0n) is 22.3. The molecule has 2 aromatic carbocycles. The summed E-state index contributed by atoms with van der Waals surface area (Å²) in [4.78, 5) is 30.0. The molecule has 0 saturated heterocycles. The quantitative estimate of drug-likeness (QED) is 0.359. The molecule has 0 saturated carbocycles. The van der Waals surface area contributed by atoms with Crippen LogP contribution in [0.4, 0.5) is 10.5 Å². The highest BCUT2D eigenvalue weighted by Crippen LogP contribution is 2.28. The van der Waals surface area contributed by atoms with Crippen LogP contribution in [-0.2, 0) is 17.8 Å². The molecule has 200 valence electrons. The third-order valence-electron chi connectivity index (χ3n) is 6.33. The SMILES string of the molecule is CCC(C)N(CC(=O)N(CCc1ccc(OC)c(OC)c1)Cc1ccco1)C(=O)Nc1cccc(C#N)c1. The first-order valence-corrected chi connectivity index (χ1v) is 12.5. The van der Waals surface area contributed by atoms with E-state index in [1.807, 2.05) is 38.1 Å². The topological polar surface area (TPSA) is 108 Å². The molecule has 0 aliphatic rings. The van der Waals surface area contributed by atoms with Crippen LogP contribution in [0.2, 0.25) is 0 Å². The van der Waals surface area contributed by atoms with Crippen molar-refractivity contribution >= 4 is 17.6 Å². The Morgan fingerprint density at radius 2 is 1.87 bits per heavy atom. The maximum absolute atomic E-state index is 13.6. The average molecular weight is 519 g/mol. The van der Waals surface area contributed by atoms with Gasteiger partial charge in [0.1, 0.15) is 12.3 Å². The number of hydrogen-bond donors (Lipinski definition) is 1. The molecule has 1 heterocycles. The Kier molecular flexibility index (Phi) is 10.2. The summed E-state index contributed by atoms with van der Waals surface area (Å²) in [6, 6.07) is 17.4. The number of carbonyl (C=O) groups is 2. The Bertz CT molecular complexity index is 1250. The van der Waals surface area contributed by atoms with E-state index >= 15 is 0 Å². The molecule has 3 rings (SSSR count). The lowest BCUT2D eigenvalue weighted by Crippen LogP contribution is -2.48. The molecule has 0 aliphatic carbocycles. The number of nitrogens with one attached hydrogen (secondary N) is 1. The van der Waals surface area contributed by atoms with Gasteiger partial charge in [-0.15, -0.1) is 0 Å². The summed E-state index contributed by atoms with van der Waals surface area (Å²) in [6.45, 7) is 4.45. The second-order valence-electron chi connectivity index (χ2n) is 8.84. The predicted molar refractivity (Wildman–Crippen MR) is 144 cm³/mol. The molecular formula is C29H34N4O5. The van der Waals surface area contributed by atoms with E-state index in [0.29, 0.717) is 47.9 Å². The molecule has 1 N–H and O–H groups in total. The van der Waals surface area contributed by atoms with Crippen LogP contribution < -0.4 is 14.8 Å². The number of anilines is 1. The molecule has 0 fully saturated rings. The summed E-state index contributed by atoms with van der Waals surface area (Å²) in [5.41, 5.74) is 1.92. The Balaban J connectivity index is 1.76. The molecule has 3 amide bonds. The van der Waals surface area contributed by atoms with E-state index in [1.54, 1.807) is 55.7 Å². The Labute approximate surface area is 223 Å². The number of urea groups is 1. The third-order valence-corrected chi connectivity index (χ3v) is 6.33. The van der Waals surface area contributed by atoms with Gasteiger partial charge in [0.2, 0.25) is 5.91 Å². The van der Waals surface area contributed by atoms with Crippen molar-refractivity contribution in [2.75, 3.05) is 32.6 Å². The summed E-state index contributed by atoms with van der Waals surface area (Å²) in [5, 5.41) is 12.0. The van der Waals surface area contributed by atoms with Crippen molar-refractivity contribution in [3.63, 3.8) is 0 Å². The Morgan fingerprint density at radius 1 is 1.08 bits per heavy atom. The first-order chi connectivity index (χ1) is 18.4. The highest BCUT2D eigenvalue weighted by Gasteiger charge is 2.25. The maximum atomic E-state index is 13.6. The summed E-state index contributed by atoms with van der Waals surface area (Å²) in [5.74, 6) is 1.70. The monoisotopic (exact) mass is 518 g/mol. The lowest BCUT2D eigenvalue weighted by molar-refractivity contribution is -0.133. The number of nitrogens with zero attached hydrogens (tertiary/aromatic N) is 3. The van der Waals surface area contributed by atoms with E-state index in [-0.39, 0.29) is 25.0 Å². The van der Waals surface area contributed by atoms with Crippen molar-refractivity contribution in [3.05, 3.63) is 77.7 Å². The number of rotatable bonds is 12. The fourth-order valence-corrected chi connectivity index (χ4v) is 3.94. The molecule has 0 aliphatic heterocycles. The van der Waals surface area contributed by atoms with Gasteiger partial charge in [0, 0.05) is 18.3 Å². The van der Waals surface area contributed by atoms with Crippen molar-refractivity contribution in [2.45, 2.75) is 39.3 Å². The summed E-state index contributed by atoms with van der Waals surface area (Å²) < 4.78 is 16.2. The van der Waals surface area contributed by atoms with Gasteiger partial charge >= 0.3 is 6.03 Å². The number of ether oxygens (including phenoxy) is 2. The fourth-order valence-electron chi connectivity index (χ4n) is 3.94. The Hall–Kier alpha value is -4.45. The molecular weight excluding hydrogens is 484 g/mol. The van der Waals surface area contributed by atoms with Crippen molar-refractivity contribution in [1.29, 1.82) is 5.26 Å². The number of furan rings is 1. The van der Waals surface area contributed by atoms with Gasteiger partial charge in [0.15, 0.2) is 11.5 Å². The molecule has 1 atom stereocenters. The standard InChI is InChI=1S/C29H34N4O5/c1-5-21(2)33(29(35)31-24-9-6-8-23(16-24)18-30)20-28(34)32(19-25-10-7-15-38-25)14-13-22-11-12-26(36-3)27(17-22)37-4/h6-12,15-17,21H,5,13-14,19-20H2,1-4H3,(H,31,35). The minimum absolute atomic E-state index is 0.106. The van der Waals surface area contributed by atoms with Gasteiger partial charge in [-0.1, -0.05) is 19.1 Å². The van der Waals surface area contributed by atoms with E-state index in [2.05, 4.69) is 11.4 Å². The highest BCUT2D eigenvalue weighted by atomic mass is 16.5. The van der Waals surface area contributed by atoms with Gasteiger partial charge in [-0.3, -0.25) is 4.79 Å². The first kappa shape index (κ1) is 28.1. The lowest BCUT2D eigenvalue weighted by Gasteiger charge is -2.31. The van der Waals surface area contributed by atoms with Crippen molar-refractivity contribution in [2.24, 2.45) is 0 Å². The first-order valence-electron chi connectivity index (χ1n) is 12.5. The van der Waals surface area contributed by atoms with Crippen molar-refractivity contribution < 1.29 is 23.5 Å². The van der Waals surface area contributed by atoms with Crippen LogP contribution in [0.25, 0.3) is 0 Å². The van der Waals surface area contributed by atoms with Gasteiger partial charge < -0.3 is 29.0 Å². The molecule has 0 bridgehead atoms. The summed E-state index contributed by atoms with van der Waals surface area (Å²) in [6.07, 6.45) is 2.81. The molecule has 38 heavy (non-hydrogen) atoms. The van der Waals surface area contributed by atoms with E-state index in [1.165, 1.54) is 4.90 Å². The normalized spacial score (nSPS) is 11.2. The molecule has 9 heteroatoms. The number of methoxy groups -OCH3 is 2. The second-order valence-corrected chi connectivity index (χ2v) is 8.84. The van der Waals surface area contributed by atoms with Gasteiger partial charge in [0.05, 0.1) is 38.7 Å². The van der Waals surface area contributed by atoms with Crippen LogP contribution in [0.3, 0.4) is 0 Å². The zero-order chi connectivity index (χ0) is 27.5. The molecule has 0 spiro atoms. The molecule has 1 unspecified atom stereocenters. The summed E-state index contributed by atoms with van der Waals surface area (Å²) in [7, 11) is 3.17. The van der Waals surface area contributed by atoms with Crippen LogP contribution in [-0.4, -0.2) is 55.1 Å². The van der Waals surface area contributed by atoms with Crippen molar-refractivity contribution in [1.82, 2.24) is 9.80 Å². The zero-order valence-corrected chi connectivity index (χ0v) is 22.3. The summed E-state index contributed by atoms with van der Waals surface area (Å²) >= 11 is 0. The van der Waals surface area contributed by atoms with Crippen LogP contribution in [0, 0.1) is 11.3 Å².